The largest absolute Gasteiger partial charge is 0.344 e. The molecule has 0 aliphatic carbocycles. The van der Waals surface area contributed by atoms with Crippen LogP contribution in [0.1, 0.15) is 43.6 Å². The van der Waals surface area contributed by atoms with Crippen LogP contribution in [0.25, 0.3) is 0 Å². The molecule has 0 aliphatic rings. The number of hydrogen-bond acceptors (Lipinski definition) is 5. The second-order valence-corrected chi connectivity index (χ2v) is 8.14. The van der Waals surface area contributed by atoms with E-state index in [9.17, 15) is 9.18 Å². The number of nitrogens with zero attached hydrogens (tertiary/aromatic N) is 3. The van der Waals surface area contributed by atoms with Gasteiger partial charge in [-0.25, -0.2) is 9.37 Å². The fourth-order valence-electron chi connectivity index (χ4n) is 3.03. The third-order valence-electron chi connectivity index (χ3n) is 5.02. The Bertz CT molecular complexity index is 956. The Balaban J connectivity index is 1.62. The Morgan fingerprint density at radius 3 is 2.53 bits per heavy atom. The van der Waals surface area contributed by atoms with Crippen molar-refractivity contribution in [3.63, 3.8) is 0 Å². The van der Waals surface area contributed by atoms with Gasteiger partial charge in [-0.2, -0.15) is 4.37 Å². The summed E-state index contributed by atoms with van der Waals surface area (Å²) < 4.78 is 17.6. The van der Waals surface area contributed by atoms with Crippen LogP contribution in [0.2, 0.25) is 0 Å². The average Bonchev–Trinajstić information content (AvgIpc) is 3.19. The lowest BCUT2D eigenvalue weighted by molar-refractivity contribution is -0.116. The van der Waals surface area contributed by atoms with Gasteiger partial charge >= 0.3 is 0 Å². The standard InChI is InChI=1S/C23H27FN4OS/c1-4-17(3)28(14-13-22(29)25-20-11-5-16(2)6-12-20)23-26-21(27-30-23)15-18-7-9-19(24)10-8-18/h5-12,17H,4,13-15H2,1-3H3,(H,25,29)/t17-/m0/s1. The highest BCUT2D eigenvalue weighted by molar-refractivity contribution is 7.09. The second kappa shape index (κ2) is 10.3. The number of benzene rings is 2. The number of carbonyl (C=O) groups is 1. The van der Waals surface area contributed by atoms with Crippen molar-refractivity contribution in [2.24, 2.45) is 0 Å². The number of amides is 1. The minimum absolute atomic E-state index is 0.0248. The van der Waals surface area contributed by atoms with Crippen LogP contribution in [0.4, 0.5) is 15.2 Å². The van der Waals surface area contributed by atoms with Gasteiger partial charge in [0.25, 0.3) is 0 Å². The van der Waals surface area contributed by atoms with Crippen LogP contribution in [0.15, 0.2) is 48.5 Å². The lowest BCUT2D eigenvalue weighted by Gasteiger charge is -2.27. The highest BCUT2D eigenvalue weighted by Crippen LogP contribution is 2.23. The third kappa shape index (κ3) is 6.10. The molecule has 30 heavy (non-hydrogen) atoms. The summed E-state index contributed by atoms with van der Waals surface area (Å²) >= 11 is 1.34. The number of carbonyl (C=O) groups excluding carboxylic acids is 1. The number of aryl methyl sites for hydroxylation is 1. The van der Waals surface area contributed by atoms with Gasteiger partial charge in [0.05, 0.1) is 0 Å². The fourth-order valence-corrected chi connectivity index (χ4v) is 3.84. The van der Waals surface area contributed by atoms with E-state index in [2.05, 4.69) is 33.4 Å². The monoisotopic (exact) mass is 426 g/mol. The van der Waals surface area contributed by atoms with Gasteiger partial charge in [-0.3, -0.25) is 4.79 Å². The van der Waals surface area contributed by atoms with Crippen molar-refractivity contribution < 1.29 is 9.18 Å². The lowest BCUT2D eigenvalue weighted by atomic mass is 10.1. The molecule has 7 heteroatoms. The van der Waals surface area contributed by atoms with Crippen LogP contribution in [0.3, 0.4) is 0 Å². The van der Waals surface area contributed by atoms with Gasteiger partial charge in [0.1, 0.15) is 11.6 Å². The van der Waals surface area contributed by atoms with E-state index < -0.39 is 0 Å². The van der Waals surface area contributed by atoms with Crippen molar-refractivity contribution in [3.8, 4) is 0 Å². The molecule has 3 aromatic rings. The highest BCUT2D eigenvalue weighted by Gasteiger charge is 2.19. The van der Waals surface area contributed by atoms with E-state index in [1.54, 1.807) is 12.1 Å². The molecule has 1 heterocycles. The van der Waals surface area contributed by atoms with Gasteiger partial charge in [-0.15, -0.1) is 0 Å². The molecule has 0 aliphatic heterocycles. The van der Waals surface area contributed by atoms with Crippen molar-refractivity contribution in [3.05, 3.63) is 71.3 Å². The molecule has 1 N–H and O–H groups in total. The molecule has 1 amide bonds. The summed E-state index contributed by atoms with van der Waals surface area (Å²) in [6.45, 7) is 6.82. The summed E-state index contributed by atoms with van der Waals surface area (Å²) in [4.78, 5) is 19.2. The Morgan fingerprint density at radius 2 is 1.87 bits per heavy atom. The van der Waals surface area contributed by atoms with Crippen LogP contribution in [0.5, 0.6) is 0 Å². The van der Waals surface area contributed by atoms with Crippen LogP contribution < -0.4 is 10.2 Å². The molecule has 0 radical (unpaired) electrons. The topological polar surface area (TPSA) is 58.1 Å². The predicted molar refractivity (Wildman–Crippen MR) is 121 cm³/mol. The van der Waals surface area contributed by atoms with Crippen molar-refractivity contribution in [2.75, 3.05) is 16.8 Å². The van der Waals surface area contributed by atoms with Crippen molar-refractivity contribution >= 4 is 28.3 Å². The molecular weight excluding hydrogens is 399 g/mol. The zero-order valence-corrected chi connectivity index (χ0v) is 18.4. The summed E-state index contributed by atoms with van der Waals surface area (Å²) in [7, 11) is 0. The van der Waals surface area contributed by atoms with Crippen LogP contribution >= 0.6 is 11.5 Å². The number of hydrogen-bond donors (Lipinski definition) is 1. The molecule has 3 rings (SSSR count). The Labute approximate surface area is 181 Å². The summed E-state index contributed by atoms with van der Waals surface area (Å²) in [5.41, 5.74) is 2.93. The third-order valence-corrected chi connectivity index (χ3v) is 5.81. The number of anilines is 2. The van der Waals surface area contributed by atoms with Gasteiger partial charge in [0.15, 0.2) is 0 Å². The normalized spacial score (nSPS) is 11.9. The summed E-state index contributed by atoms with van der Waals surface area (Å²) in [5, 5.41) is 3.76. The zero-order chi connectivity index (χ0) is 21.5. The van der Waals surface area contributed by atoms with Gasteiger partial charge < -0.3 is 10.2 Å². The maximum absolute atomic E-state index is 13.1. The van der Waals surface area contributed by atoms with E-state index in [0.29, 0.717) is 25.2 Å². The molecule has 0 saturated carbocycles. The molecule has 0 unspecified atom stereocenters. The molecule has 158 valence electrons. The molecule has 0 spiro atoms. The molecule has 1 aromatic heterocycles. The van der Waals surface area contributed by atoms with E-state index >= 15 is 0 Å². The van der Waals surface area contributed by atoms with Crippen molar-refractivity contribution in [2.45, 2.75) is 46.1 Å². The molecule has 1 atom stereocenters. The minimum atomic E-state index is -0.252. The Hall–Kier alpha value is -2.80. The first kappa shape index (κ1) is 21.9. The lowest BCUT2D eigenvalue weighted by Crippen LogP contribution is -2.35. The number of rotatable bonds is 9. The quantitative estimate of drug-likeness (QED) is 0.510. The average molecular weight is 427 g/mol. The van der Waals surface area contributed by atoms with Crippen LogP contribution in [-0.4, -0.2) is 27.9 Å². The van der Waals surface area contributed by atoms with E-state index in [0.717, 1.165) is 28.4 Å². The predicted octanol–water partition coefficient (Wildman–Crippen LogP) is 5.21. The molecule has 0 bridgehead atoms. The summed E-state index contributed by atoms with van der Waals surface area (Å²) in [5.74, 6) is 0.430. The first-order valence-corrected chi connectivity index (χ1v) is 10.9. The smallest absolute Gasteiger partial charge is 0.226 e. The van der Waals surface area contributed by atoms with Gasteiger partial charge in [0.2, 0.25) is 11.0 Å². The summed E-state index contributed by atoms with van der Waals surface area (Å²) in [6, 6.07) is 14.4. The van der Waals surface area contributed by atoms with E-state index in [4.69, 9.17) is 0 Å². The first-order chi connectivity index (χ1) is 14.4. The molecule has 5 nitrogen and oxygen atoms in total. The highest BCUT2D eigenvalue weighted by atomic mass is 32.1. The van der Waals surface area contributed by atoms with E-state index in [-0.39, 0.29) is 17.8 Å². The minimum Gasteiger partial charge on any atom is -0.344 e. The second-order valence-electron chi connectivity index (χ2n) is 7.41. The van der Waals surface area contributed by atoms with Crippen molar-refractivity contribution in [1.29, 1.82) is 0 Å². The maximum atomic E-state index is 13.1. The first-order valence-electron chi connectivity index (χ1n) is 10.1. The molecule has 0 saturated heterocycles. The maximum Gasteiger partial charge on any atom is 0.226 e. The number of halogens is 1. The van der Waals surface area contributed by atoms with Gasteiger partial charge in [-0.05, 0) is 50.1 Å². The number of nitrogens with one attached hydrogen (secondary N) is 1. The SMILES string of the molecule is CC[C@H](C)N(CCC(=O)Nc1ccc(C)cc1)c1nc(Cc2ccc(F)cc2)ns1. The van der Waals surface area contributed by atoms with E-state index in [1.165, 1.54) is 23.7 Å². The fraction of sp³-hybridized carbons (Fsp3) is 0.348. The molecular formula is C23H27FN4OS. The summed E-state index contributed by atoms with van der Waals surface area (Å²) in [6.07, 6.45) is 1.86. The van der Waals surface area contributed by atoms with Crippen LogP contribution in [-0.2, 0) is 11.2 Å². The van der Waals surface area contributed by atoms with E-state index in [1.807, 2.05) is 31.2 Å². The molecule has 2 aromatic carbocycles. The Morgan fingerprint density at radius 1 is 1.17 bits per heavy atom. The van der Waals surface area contributed by atoms with Crippen molar-refractivity contribution in [1.82, 2.24) is 9.36 Å². The Kier molecular flexibility index (Phi) is 7.52. The zero-order valence-electron chi connectivity index (χ0n) is 17.6. The number of aromatic nitrogens is 2. The molecule has 0 fully saturated rings. The van der Waals surface area contributed by atoms with Gasteiger partial charge in [-0.1, -0.05) is 36.8 Å². The van der Waals surface area contributed by atoms with Gasteiger partial charge in [0, 0.05) is 42.6 Å². The van der Waals surface area contributed by atoms with Crippen LogP contribution in [0, 0.1) is 12.7 Å².